The van der Waals surface area contributed by atoms with Gasteiger partial charge in [-0.05, 0) is 23.6 Å². The summed E-state index contributed by atoms with van der Waals surface area (Å²) in [7, 11) is 0. The van der Waals surface area contributed by atoms with Crippen molar-refractivity contribution in [2.75, 3.05) is 0 Å². The number of nitrogens with one attached hydrogen (secondary N) is 1. The van der Waals surface area contributed by atoms with Crippen molar-refractivity contribution in [2.24, 2.45) is 0 Å². The van der Waals surface area contributed by atoms with E-state index in [2.05, 4.69) is 19.7 Å². The molecule has 0 aromatic heterocycles. The molecular formula is C12H19N. The summed E-state index contributed by atoms with van der Waals surface area (Å²) in [6.45, 7) is 16.8. The van der Waals surface area contributed by atoms with Crippen LogP contribution in [0.1, 0.15) is 20.8 Å². The fraction of sp³-hybridized carbons (Fsp3) is 0.250. The van der Waals surface area contributed by atoms with Crippen LogP contribution < -0.4 is 0 Å². The molecule has 0 radical (unpaired) electrons. The largest absolute Gasteiger partial charge is 0.308 e. The fourth-order valence-electron chi connectivity index (χ4n) is 0.733. The third-order valence-electron chi connectivity index (χ3n) is 1.44. The second-order valence-electron chi connectivity index (χ2n) is 2.17. The van der Waals surface area contributed by atoms with Crippen molar-refractivity contribution in [1.29, 1.82) is 5.41 Å². The molecule has 0 rings (SSSR count). The molecule has 0 amide bonds. The van der Waals surface area contributed by atoms with Crippen LogP contribution in [0.15, 0.2) is 48.6 Å². The summed E-state index contributed by atoms with van der Waals surface area (Å²) in [6.07, 6.45) is 4.63. The minimum absolute atomic E-state index is 0.806. The number of hydrogen-bond acceptors (Lipinski definition) is 1. The van der Waals surface area contributed by atoms with Gasteiger partial charge < -0.3 is 5.41 Å². The molecule has 0 saturated heterocycles. The van der Waals surface area contributed by atoms with Crippen molar-refractivity contribution in [3.8, 4) is 0 Å². The van der Waals surface area contributed by atoms with E-state index >= 15 is 0 Å². The summed E-state index contributed by atoms with van der Waals surface area (Å²) < 4.78 is 0. The quantitative estimate of drug-likeness (QED) is 0.497. The van der Waals surface area contributed by atoms with E-state index in [1.165, 1.54) is 6.21 Å². The van der Waals surface area contributed by atoms with Crippen LogP contribution >= 0.6 is 0 Å². The van der Waals surface area contributed by atoms with Crippen LogP contribution in [0.3, 0.4) is 0 Å². The zero-order valence-electron chi connectivity index (χ0n) is 8.85. The van der Waals surface area contributed by atoms with E-state index in [0.717, 1.165) is 16.7 Å². The van der Waals surface area contributed by atoms with Gasteiger partial charge >= 0.3 is 0 Å². The van der Waals surface area contributed by atoms with E-state index in [1.54, 1.807) is 12.2 Å². The Labute approximate surface area is 81.7 Å². The molecule has 0 fully saturated rings. The highest BCUT2D eigenvalue weighted by molar-refractivity contribution is 5.79. The highest BCUT2D eigenvalue weighted by Crippen LogP contribution is 2.13. The summed E-state index contributed by atoms with van der Waals surface area (Å²) in [5, 5.41) is 7.00. The van der Waals surface area contributed by atoms with E-state index in [9.17, 15) is 0 Å². The fourth-order valence-corrected chi connectivity index (χ4v) is 0.733. The van der Waals surface area contributed by atoms with Gasteiger partial charge in [-0.25, -0.2) is 0 Å². The van der Waals surface area contributed by atoms with Gasteiger partial charge in [0.05, 0.1) is 0 Å². The van der Waals surface area contributed by atoms with Gasteiger partial charge in [-0.3, -0.25) is 0 Å². The molecule has 1 nitrogen and oxygen atoms in total. The van der Waals surface area contributed by atoms with E-state index < -0.39 is 0 Å². The molecule has 0 aliphatic heterocycles. The summed E-state index contributed by atoms with van der Waals surface area (Å²) >= 11 is 0. The third-order valence-corrected chi connectivity index (χ3v) is 1.44. The maximum atomic E-state index is 7.00. The molecule has 0 spiro atoms. The zero-order valence-corrected chi connectivity index (χ0v) is 8.85. The minimum Gasteiger partial charge on any atom is -0.308 e. The Hall–Kier alpha value is -1.37. The third kappa shape index (κ3) is 4.96. The average Bonchev–Trinajstić information content (AvgIpc) is 2.21. The molecule has 72 valence electrons. The zero-order chi connectivity index (χ0) is 10.9. The maximum Gasteiger partial charge on any atom is 0.0213 e. The lowest BCUT2D eigenvalue weighted by Crippen LogP contribution is -1.87. The van der Waals surface area contributed by atoms with Gasteiger partial charge in [0.15, 0.2) is 0 Å². The maximum absolute atomic E-state index is 7.00. The molecule has 1 N–H and O–H groups in total. The molecule has 13 heavy (non-hydrogen) atoms. The van der Waals surface area contributed by atoms with Crippen molar-refractivity contribution < 1.29 is 0 Å². The van der Waals surface area contributed by atoms with E-state index in [1.807, 2.05) is 20.8 Å². The van der Waals surface area contributed by atoms with Crippen LogP contribution in [0.5, 0.6) is 0 Å². The summed E-state index contributed by atoms with van der Waals surface area (Å²) in [5.41, 5.74) is 2.54. The summed E-state index contributed by atoms with van der Waals surface area (Å²) in [5.74, 6) is 0. The Morgan fingerprint density at radius 2 is 1.62 bits per heavy atom. The first-order valence-electron chi connectivity index (χ1n) is 4.32. The number of rotatable bonds is 4. The molecule has 0 heterocycles. The van der Waals surface area contributed by atoms with Crippen molar-refractivity contribution >= 4 is 6.21 Å². The normalized spacial score (nSPS) is 10.1. The van der Waals surface area contributed by atoms with Crippen LogP contribution in [-0.4, -0.2) is 6.21 Å². The van der Waals surface area contributed by atoms with Crippen LogP contribution in [-0.2, 0) is 0 Å². The first-order chi connectivity index (χ1) is 6.17. The van der Waals surface area contributed by atoms with Crippen molar-refractivity contribution in [1.82, 2.24) is 0 Å². The Morgan fingerprint density at radius 1 is 1.15 bits per heavy atom. The topological polar surface area (TPSA) is 23.9 Å². The van der Waals surface area contributed by atoms with Gasteiger partial charge in [-0.15, -0.1) is 0 Å². The van der Waals surface area contributed by atoms with Gasteiger partial charge in [-0.2, -0.15) is 0 Å². The van der Waals surface area contributed by atoms with E-state index in [4.69, 9.17) is 5.41 Å². The number of hydrogen-bond donors (Lipinski definition) is 1. The molecule has 0 saturated carbocycles. The van der Waals surface area contributed by atoms with Gasteiger partial charge in [0.25, 0.3) is 0 Å². The monoisotopic (exact) mass is 177 g/mol. The smallest absolute Gasteiger partial charge is 0.0213 e. The SMILES string of the molecule is C=CC(=C)/C(C=C)=C(/C)C=N.CC. The Kier molecular flexibility index (Phi) is 9.51. The highest BCUT2D eigenvalue weighted by atomic mass is 14.3. The molecule has 0 atom stereocenters. The van der Waals surface area contributed by atoms with Crippen molar-refractivity contribution in [3.63, 3.8) is 0 Å². The molecule has 0 aliphatic carbocycles. The molecule has 0 aromatic rings. The molecule has 0 aliphatic rings. The predicted molar refractivity (Wildman–Crippen MR) is 62.4 cm³/mol. The Morgan fingerprint density at radius 3 is 1.85 bits per heavy atom. The molecule has 0 aromatic carbocycles. The second-order valence-corrected chi connectivity index (χ2v) is 2.17. The van der Waals surface area contributed by atoms with Crippen LogP contribution in [0.4, 0.5) is 0 Å². The number of allylic oxidation sites excluding steroid dienone is 5. The summed E-state index contributed by atoms with van der Waals surface area (Å²) in [6, 6.07) is 0. The summed E-state index contributed by atoms with van der Waals surface area (Å²) in [4.78, 5) is 0. The standard InChI is InChI=1S/C10H13N.C2H6/c1-5-8(3)10(6-2)9(4)7-11;1-2/h5-7,11H,1-3H2,4H3;1-2H3/b10-9-,11-7?;. The van der Waals surface area contributed by atoms with E-state index in [-0.39, 0.29) is 0 Å². The van der Waals surface area contributed by atoms with Crippen molar-refractivity contribution in [2.45, 2.75) is 20.8 Å². The van der Waals surface area contributed by atoms with Gasteiger partial charge in [0.2, 0.25) is 0 Å². The molecule has 0 unspecified atom stereocenters. The second kappa shape index (κ2) is 8.72. The molecular weight excluding hydrogens is 158 g/mol. The lowest BCUT2D eigenvalue weighted by Gasteiger charge is -2.02. The van der Waals surface area contributed by atoms with Crippen LogP contribution in [0, 0.1) is 5.41 Å². The Bertz CT molecular complexity index is 232. The molecule has 0 bridgehead atoms. The predicted octanol–water partition coefficient (Wildman–Crippen LogP) is 3.91. The van der Waals surface area contributed by atoms with Crippen LogP contribution in [0.25, 0.3) is 0 Å². The lowest BCUT2D eigenvalue weighted by molar-refractivity contribution is 1.43. The average molecular weight is 177 g/mol. The van der Waals surface area contributed by atoms with Gasteiger partial charge in [0.1, 0.15) is 0 Å². The first-order valence-corrected chi connectivity index (χ1v) is 4.32. The van der Waals surface area contributed by atoms with Gasteiger partial charge in [0, 0.05) is 6.21 Å². The lowest BCUT2D eigenvalue weighted by atomic mass is 10.0. The highest BCUT2D eigenvalue weighted by Gasteiger charge is 1.96. The van der Waals surface area contributed by atoms with Crippen molar-refractivity contribution in [3.05, 3.63) is 48.6 Å². The van der Waals surface area contributed by atoms with Gasteiger partial charge in [-0.1, -0.05) is 45.7 Å². The molecule has 1 heteroatoms. The first kappa shape index (κ1) is 14.2. The van der Waals surface area contributed by atoms with E-state index in [0.29, 0.717) is 0 Å². The van der Waals surface area contributed by atoms with Crippen LogP contribution in [0.2, 0.25) is 0 Å². The minimum atomic E-state index is 0.806. The Balaban J connectivity index is 0.